The molecule has 1 saturated heterocycles. The Hall–Kier alpha value is -3.56. The van der Waals surface area contributed by atoms with Crippen molar-refractivity contribution >= 4 is 29.1 Å². The highest BCUT2D eigenvalue weighted by Crippen LogP contribution is 2.22. The van der Waals surface area contributed by atoms with Gasteiger partial charge in [0.25, 0.3) is 0 Å². The van der Waals surface area contributed by atoms with E-state index in [1.165, 1.54) is 5.56 Å². The van der Waals surface area contributed by atoms with E-state index in [1.54, 1.807) is 0 Å². The van der Waals surface area contributed by atoms with Gasteiger partial charge in [-0.15, -0.1) is 0 Å². The number of aryl methyl sites for hydroxylation is 2. The van der Waals surface area contributed by atoms with E-state index in [1.807, 2.05) is 62.6 Å². The van der Waals surface area contributed by atoms with E-state index in [-0.39, 0.29) is 0 Å². The van der Waals surface area contributed by atoms with Gasteiger partial charge in [-0.1, -0.05) is 17.7 Å². The van der Waals surface area contributed by atoms with Gasteiger partial charge in [0.1, 0.15) is 16.8 Å². The smallest absolute Gasteiger partial charge is 0.163 e. The highest BCUT2D eigenvalue weighted by molar-refractivity contribution is 6.29. The summed E-state index contributed by atoms with van der Waals surface area (Å²) in [4.78, 5) is 22.9. The second-order valence-corrected chi connectivity index (χ2v) is 8.82. The summed E-state index contributed by atoms with van der Waals surface area (Å²) >= 11 is 5.89. The molecule has 0 spiro atoms. The van der Waals surface area contributed by atoms with Gasteiger partial charge in [-0.2, -0.15) is 5.10 Å². The van der Waals surface area contributed by atoms with Gasteiger partial charge in [0.2, 0.25) is 0 Å². The monoisotopic (exact) mass is 475 g/mol. The first-order chi connectivity index (χ1) is 16.5. The van der Waals surface area contributed by atoms with Gasteiger partial charge in [-0.3, -0.25) is 10.00 Å². The second-order valence-electron chi connectivity index (χ2n) is 8.44. The lowest BCUT2D eigenvalue weighted by atomic mass is 10.2. The largest absolute Gasteiger partial charge is 0.354 e. The molecule has 5 heterocycles. The molecule has 4 aromatic rings. The molecule has 0 unspecified atom stereocenters. The van der Waals surface area contributed by atoms with Crippen molar-refractivity contribution in [3.8, 4) is 11.4 Å². The van der Waals surface area contributed by atoms with Gasteiger partial charge in [-0.05, 0) is 37.6 Å². The molecule has 2 N–H and O–H groups in total. The fraction of sp³-hybridized carbons (Fsp3) is 0.292. The zero-order valence-corrected chi connectivity index (χ0v) is 19.9. The Balaban J connectivity index is 1.22. The third-order valence-electron chi connectivity index (χ3n) is 5.71. The van der Waals surface area contributed by atoms with Crippen LogP contribution >= 0.6 is 11.6 Å². The highest BCUT2D eigenvalue weighted by Gasteiger charge is 2.18. The first kappa shape index (κ1) is 22.2. The summed E-state index contributed by atoms with van der Waals surface area (Å²) in [6.07, 6.45) is 3.69. The Bertz CT molecular complexity index is 1250. The summed E-state index contributed by atoms with van der Waals surface area (Å²) in [7, 11) is 0. The molecule has 0 amide bonds. The average molecular weight is 476 g/mol. The Kier molecular flexibility index (Phi) is 6.37. The Morgan fingerprint density at radius 3 is 2.47 bits per heavy atom. The third kappa shape index (κ3) is 5.32. The first-order valence-corrected chi connectivity index (χ1v) is 11.6. The van der Waals surface area contributed by atoms with Crippen LogP contribution in [0, 0.1) is 13.8 Å². The maximum atomic E-state index is 5.89. The number of nitrogens with zero attached hydrogens (tertiary/aromatic N) is 7. The van der Waals surface area contributed by atoms with Gasteiger partial charge in [0.15, 0.2) is 11.6 Å². The van der Waals surface area contributed by atoms with E-state index in [2.05, 4.69) is 40.3 Å². The molecular weight excluding hydrogens is 450 g/mol. The number of anilines is 3. The summed E-state index contributed by atoms with van der Waals surface area (Å²) in [5.41, 5.74) is 3.91. The maximum absolute atomic E-state index is 5.89. The van der Waals surface area contributed by atoms with Gasteiger partial charge >= 0.3 is 0 Å². The summed E-state index contributed by atoms with van der Waals surface area (Å²) < 4.78 is 0. The number of nitrogens with one attached hydrogen (secondary N) is 2. The van der Waals surface area contributed by atoms with Crippen molar-refractivity contribution in [2.24, 2.45) is 0 Å². The number of pyridine rings is 2. The lowest BCUT2D eigenvalue weighted by molar-refractivity contribution is 0.249. The minimum Gasteiger partial charge on any atom is -0.354 e. The molecule has 0 aliphatic carbocycles. The molecule has 4 aromatic heterocycles. The minimum absolute atomic E-state index is 0.527. The predicted molar refractivity (Wildman–Crippen MR) is 133 cm³/mol. The van der Waals surface area contributed by atoms with Crippen molar-refractivity contribution in [3.05, 3.63) is 70.9 Å². The van der Waals surface area contributed by atoms with E-state index in [0.29, 0.717) is 16.8 Å². The predicted octanol–water partition coefficient (Wildman–Crippen LogP) is 3.99. The number of rotatable bonds is 6. The third-order valence-corrected chi connectivity index (χ3v) is 5.94. The summed E-state index contributed by atoms with van der Waals surface area (Å²) in [5.74, 6) is 3.02. The van der Waals surface area contributed by atoms with Crippen LogP contribution in [0.25, 0.3) is 11.4 Å². The van der Waals surface area contributed by atoms with Crippen LogP contribution in [0.4, 0.5) is 17.5 Å². The van der Waals surface area contributed by atoms with Crippen LogP contribution in [0.1, 0.15) is 17.0 Å². The molecular formula is C24H26ClN9. The van der Waals surface area contributed by atoms with Crippen molar-refractivity contribution in [2.45, 2.75) is 20.4 Å². The van der Waals surface area contributed by atoms with Gasteiger partial charge in [-0.25, -0.2) is 19.9 Å². The van der Waals surface area contributed by atoms with Crippen molar-refractivity contribution in [3.63, 3.8) is 0 Å². The molecule has 0 saturated carbocycles. The SMILES string of the molecule is Cc1cc(Nc2cc(C)[nH]n2)nc(-c2ccc(N3CCN(Cc4ccc(Cl)nc4)CC3)nc2)n1. The van der Waals surface area contributed by atoms with E-state index in [4.69, 9.17) is 16.6 Å². The average Bonchev–Trinajstić information content (AvgIpc) is 3.25. The molecule has 1 aliphatic rings. The Morgan fingerprint density at radius 1 is 0.941 bits per heavy atom. The Morgan fingerprint density at radius 2 is 1.79 bits per heavy atom. The topological polar surface area (TPSA) is 98.8 Å². The van der Waals surface area contributed by atoms with E-state index < -0.39 is 0 Å². The molecule has 174 valence electrons. The van der Waals surface area contributed by atoms with Crippen LogP contribution in [0.3, 0.4) is 0 Å². The van der Waals surface area contributed by atoms with Gasteiger partial charge in [0, 0.05) is 74.2 Å². The normalized spacial score (nSPS) is 14.4. The number of halogens is 1. The van der Waals surface area contributed by atoms with Gasteiger partial charge < -0.3 is 10.2 Å². The molecule has 5 rings (SSSR count). The number of aromatic amines is 1. The molecule has 1 fully saturated rings. The van der Waals surface area contributed by atoms with Crippen LogP contribution in [-0.2, 0) is 6.54 Å². The number of hydrogen-bond acceptors (Lipinski definition) is 8. The lowest BCUT2D eigenvalue weighted by Crippen LogP contribution is -2.46. The molecule has 0 aromatic carbocycles. The van der Waals surface area contributed by atoms with Crippen molar-refractivity contribution < 1.29 is 0 Å². The maximum Gasteiger partial charge on any atom is 0.163 e. The first-order valence-electron chi connectivity index (χ1n) is 11.2. The summed E-state index contributed by atoms with van der Waals surface area (Å²) in [6.45, 7) is 8.57. The summed E-state index contributed by atoms with van der Waals surface area (Å²) in [5, 5.41) is 10.9. The fourth-order valence-corrected chi connectivity index (χ4v) is 4.09. The fourth-order valence-electron chi connectivity index (χ4n) is 3.97. The van der Waals surface area contributed by atoms with Gasteiger partial charge in [0.05, 0.1) is 0 Å². The Labute approximate surface area is 203 Å². The minimum atomic E-state index is 0.527. The van der Waals surface area contributed by atoms with Crippen molar-refractivity contribution in [1.82, 2.24) is 35.0 Å². The van der Waals surface area contributed by atoms with Crippen LogP contribution in [0.2, 0.25) is 5.15 Å². The number of piperazine rings is 1. The highest BCUT2D eigenvalue weighted by atomic mass is 35.5. The van der Waals surface area contributed by atoms with Crippen LogP contribution in [-0.4, -0.2) is 61.2 Å². The van der Waals surface area contributed by atoms with E-state index in [9.17, 15) is 0 Å². The lowest BCUT2D eigenvalue weighted by Gasteiger charge is -2.35. The van der Waals surface area contributed by atoms with Crippen molar-refractivity contribution in [2.75, 3.05) is 36.4 Å². The molecule has 0 bridgehead atoms. The quantitative estimate of drug-likeness (QED) is 0.404. The molecule has 0 radical (unpaired) electrons. The number of H-pyrrole nitrogens is 1. The molecule has 34 heavy (non-hydrogen) atoms. The zero-order valence-electron chi connectivity index (χ0n) is 19.2. The second kappa shape index (κ2) is 9.74. The van der Waals surface area contributed by atoms with Crippen LogP contribution in [0.15, 0.2) is 48.8 Å². The van der Waals surface area contributed by atoms with E-state index in [0.717, 1.165) is 61.3 Å². The molecule has 9 nitrogen and oxygen atoms in total. The molecule has 1 aliphatic heterocycles. The zero-order chi connectivity index (χ0) is 23.5. The number of aromatic nitrogens is 6. The van der Waals surface area contributed by atoms with Crippen molar-refractivity contribution in [1.29, 1.82) is 0 Å². The molecule has 0 atom stereocenters. The standard InChI is InChI=1S/C24H26ClN9/c1-16-11-21(29-22-12-17(2)31-32-22)30-24(28-16)19-4-6-23(27-14-19)34-9-7-33(8-10-34)15-18-3-5-20(25)26-13-18/h3-6,11-14H,7-10,15H2,1-2H3,(H2,28,29,30,31,32). The van der Waals surface area contributed by atoms with E-state index >= 15 is 0 Å². The number of hydrogen-bond donors (Lipinski definition) is 2. The summed E-state index contributed by atoms with van der Waals surface area (Å²) in [6, 6.07) is 11.8. The molecule has 10 heteroatoms. The van der Waals surface area contributed by atoms with Crippen LogP contribution < -0.4 is 10.2 Å². The van der Waals surface area contributed by atoms with Crippen LogP contribution in [0.5, 0.6) is 0 Å².